The van der Waals surface area contributed by atoms with Gasteiger partial charge in [0.25, 0.3) is 5.91 Å². The number of nitrogens with one attached hydrogen (secondary N) is 1. The van der Waals surface area contributed by atoms with E-state index >= 15 is 0 Å². The zero-order chi connectivity index (χ0) is 18.9. The second-order valence-corrected chi connectivity index (χ2v) is 5.73. The minimum Gasteiger partial charge on any atom is -0.307 e. The Bertz CT molecular complexity index is 920. The molecule has 0 saturated heterocycles. The van der Waals surface area contributed by atoms with Gasteiger partial charge in [-0.25, -0.2) is 4.98 Å². The molecule has 0 saturated carbocycles. The van der Waals surface area contributed by atoms with Gasteiger partial charge in [0.15, 0.2) is 0 Å². The van der Waals surface area contributed by atoms with E-state index in [-0.39, 0.29) is 12.1 Å². The Labute approximate surface area is 155 Å². The van der Waals surface area contributed by atoms with Gasteiger partial charge in [-0.2, -0.15) is 9.59 Å². The van der Waals surface area contributed by atoms with E-state index in [1.165, 1.54) is 0 Å². The van der Waals surface area contributed by atoms with E-state index < -0.39 is 0 Å². The number of nitrogens with zero attached hydrogens (tertiary/aromatic N) is 1. The van der Waals surface area contributed by atoms with Gasteiger partial charge in [0, 0.05) is 27.9 Å². The van der Waals surface area contributed by atoms with E-state index in [0.29, 0.717) is 16.4 Å². The van der Waals surface area contributed by atoms with Crippen molar-refractivity contribution in [3.8, 4) is 11.1 Å². The van der Waals surface area contributed by atoms with Crippen molar-refractivity contribution in [1.82, 2.24) is 4.98 Å². The predicted octanol–water partition coefficient (Wildman–Crippen LogP) is 4.38. The summed E-state index contributed by atoms with van der Waals surface area (Å²) in [7, 11) is 0. The molecule has 1 heterocycles. The number of pyridine rings is 1. The molecule has 2 aromatic carbocycles. The second-order valence-electron chi connectivity index (χ2n) is 5.32. The fraction of sp³-hybridized carbons (Fsp3) is 0.0500. The van der Waals surface area contributed by atoms with Gasteiger partial charge < -0.3 is 5.32 Å². The highest BCUT2D eigenvalue weighted by molar-refractivity contribution is 6.33. The third-order valence-electron chi connectivity index (χ3n) is 3.47. The van der Waals surface area contributed by atoms with Crippen LogP contribution in [-0.2, 0) is 9.59 Å². The van der Waals surface area contributed by atoms with Crippen LogP contribution in [0.4, 0.5) is 5.82 Å². The summed E-state index contributed by atoms with van der Waals surface area (Å²) in [6.07, 6.45) is 1.96. The number of hydrogen-bond acceptors (Lipinski definition) is 4. The predicted molar refractivity (Wildman–Crippen MR) is 98.8 cm³/mol. The molecule has 130 valence electrons. The van der Waals surface area contributed by atoms with Crippen LogP contribution in [0.25, 0.3) is 11.1 Å². The summed E-state index contributed by atoms with van der Waals surface area (Å²) >= 11 is 6.24. The molecule has 0 fully saturated rings. The number of benzene rings is 2. The highest BCUT2D eigenvalue weighted by atomic mass is 35.5. The topological polar surface area (TPSA) is 76.1 Å². The Hall–Kier alpha value is -3.27. The first-order valence-corrected chi connectivity index (χ1v) is 8.01. The SMILES string of the molecule is Cc1ccc(Cl)c(-c2ccc(NC(=O)c3ccccc3)nc2)c1.O=C=O. The molecule has 0 aliphatic heterocycles. The van der Waals surface area contributed by atoms with Crippen molar-refractivity contribution in [3.05, 3.63) is 83.0 Å². The number of halogens is 1. The maximum atomic E-state index is 12.1. The molecule has 6 heteroatoms. The number of rotatable bonds is 3. The van der Waals surface area contributed by atoms with Gasteiger partial charge >= 0.3 is 6.15 Å². The summed E-state index contributed by atoms with van der Waals surface area (Å²) in [5, 5.41) is 3.46. The summed E-state index contributed by atoms with van der Waals surface area (Å²) < 4.78 is 0. The second kappa shape index (κ2) is 9.28. The third kappa shape index (κ3) is 5.11. The Kier molecular flexibility index (Phi) is 6.80. The van der Waals surface area contributed by atoms with Gasteiger partial charge in [-0.05, 0) is 43.3 Å². The van der Waals surface area contributed by atoms with E-state index in [2.05, 4.69) is 10.3 Å². The smallest absolute Gasteiger partial charge is 0.307 e. The molecular weight excluding hydrogens is 352 g/mol. The lowest BCUT2D eigenvalue weighted by molar-refractivity contribution is -0.191. The van der Waals surface area contributed by atoms with Gasteiger partial charge in [-0.15, -0.1) is 0 Å². The van der Waals surface area contributed by atoms with Crippen molar-refractivity contribution in [3.63, 3.8) is 0 Å². The monoisotopic (exact) mass is 366 g/mol. The molecule has 0 radical (unpaired) electrons. The molecule has 1 N–H and O–H groups in total. The minimum absolute atomic E-state index is 0.181. The molecule has 26 heavy (non-hydrogen) atoms. The van der Waals surface area contributed by atoms with Gasteiger partial charge in [-0.3, -0.25) is 4.79 Å². The molecule has 1 aromatic heterocycles. The number of aryl methyl sites for hydroxylation is 1. The number of aromatic nitrogens is 1. The van der Waals surface area contributed by atoms with Gasteiger partial charge in [0.2, 0.25) is 0 Å². The van der Waals surface area contributed by atoms with Gasteiger partial charge in [-0.1, -0.05) is 41.4 Å². The molecule has 3 rings (SSSR count). The summed E-state index contributed by atoms with van der Waals surface area (Å²) in [5.74, 6) is 0.325. The lowest BCUT2D eigenvalue weighted by Crippen LogP contribution is -2.12. The third-order valence-corrected chi connectivity index (χ3v) is 3.80. The van der Waals surface area contributed by atoms with Crippen molar-refractivity contribution in [2.75, 3.05) is 5.32 Å². The molecule has 0 unspecified atom stereocenters. The first-order chi connectivity index (χ1) is 12.5. The zero-order valence-corrected chi connectivity index (χ0v) is 14.7. The van der Waals surface area contributed by atoms with Crippen molar-refractivity contribution < 1.29 is 14.4 Å². The first-order valence-electron chi connectivity index (χ1n) is 7.63. The van der Waals surface area contributed by atoms with E-state index in [1.807, 2.05) is 49.4 Å². The Morgan fingerprint density at radius 3 is 2.35 bits per heavy atom. The Balaban J connectivity index is 0.000000758. The van der Waals surface area contributed by atoms with E-state index in [1.54, 1.807) is 24.4 Å². The van der Waals surface area contributed by atoms with Crippen LogP contribution in [0.3, 0.4) is 0 Å². The van der Waals surface area contributed by atoms with Crippen LogP contribution in [0.2, 0.25) is 5.02 Å². The Morgan fingerprint density at radius 1 is 1.04 bits per heavy atom. The van der Waals surface area contributed by atoms with Crippen LogP contribution >= 0.6 is 11.6 Å². The fourth-order valence-electron chi connectivity index (χ4n) is 2.27. The minimum atomic E-state index is -0.181. The van der Waals surface area contributed by atoms with Crippen LogP contribution < -0.4 is 5.32 Å². The molecule has 0 bridgehead atoms. The van der Waals surface area contributed by atoms with E-state index in [0.717, 1.165) is 16.7 Å². The largest absolute Gasteiger partial charge is 0.373 e. The standard InChI is InChI=1S/C19H15ClN2O.CO2/c1-13-7-9-17(20)16(11-13)15-8-10-18(21-12-15)22-19(23)14-5-3-2-4-6-14;2-1-3/h2-12H,1H3,(H,21,22,23);. The number of hydrogen-bond donors (Lipinski definition) is 1. The summed E-state index contributed by atoms with van der Waals surface area (Å²) in [4.78, 5) is 32.6. The molecule has 3 aromatic rings. The highest BCUT2D eigenvalue weighted by Crippen LogP contribution is 2.28. The van der Waals surface area contributed by atoms with Crippen LogP contribution in [0, 0.1) is 6.92 Å². The fourth-order valence-corrected chi connectivity index (χ4v) is 2.49. The van der Waals surface area contributed by atoms with Gasteiger partial charge in [0.05, 0.1) is 0 Å². The number of anilines is 1. The van der Waals surface area contributed by atoms with Crippen molar-refractivity contribution in [2.24, 2.45) is 0 Å². The quantitative estimate of drug-likeness (QED) is 0.746. The van der Waals surface area contributed by atoms with Crippen LogP contribution in [-0.4, -0.2) is 17.0 Å². The molecule has 0 aliphatic carbocycles. The van der Waals surface area contributed by atoms with Gasteiger partial charge in [0.1, 0.15) is 5.82 Å². The van der Waals surface area contributed by atoms with Crippen LogP contribution in [0.5, 0.6) is 0 Å². The molecule has 0 spiro atoms. The normalized spacial score (nSPS) is 9.46. The van der Waals surface area contributed by atoms with Crippen LogP contribution in [0.15, 0.2) is 66.9 Å². The molecular formula is C20H15ClN2O3. The van der Waals surface area contributed by atoms with E-state index in [9.17, 15) is 4.79 Å². The van der Waals surface area contributed by atoms with Crippen molar-refractivity contribution >= 4 is 29.5 Å². The highest BCUT2D eigenvalue weighted by Gasteiger charge is 2.08. The lowest BCUT2D eigenvalue weighted by Gasteiger charge is -2.08. The molecule has 1 amide bonds. The number of carbonyl (C=O) groups excluding carboxylic acids is 3. The van der Waals surface area contributed by atoms with E-state index in [4.69, 9.17) is 21.2 Å². The lowest BCUT2D eigenvalue weighted by atomic mass is 10.1. The molecule has 0 aliphatic rings. The maximum absolute atomic E-state index is 12.1. The molecule has 5 nitrogen and oxygen atoms in total. The maximum Gasteiger partial charge on any atom is 0.373 e. The Morgan fingerprint density at radius 2 is 1.73 bits per heavy atom. The average molecular weight is 367 g/mol. The van der Waals surface area contributed by atoms with Crippen LogP contribution in [0.1, 0.15) is 15.9 Å². The van der Waals surface area contributed by atoms with Crippen molar-refractivity contribution in [1.29, 1.82) is 0 Å². The summed E-state index contributed by atoms with van der Waals surface area (Å²) in [5.41, 5.74) is 3.57. The number of amides is 1. The first kappa shape index (κ1) is 19.1. The molecule has 0 atom stereocenters. The summed E-state index contributed by atoms with van der Waals surface area (Å²) in [6.45, 7) is 2.02. The average Bonchev–Trinajstić information content (AvgIpc) is 2.66. The van der Waals surface area contributed by atoms with Crippen molar-refractivity contribution in [2.45, 2.75) is 6.92 Å². The number of carbonyl (C=O) groups is 1. The summed E-state index contributed by atoms with van der Waals surface area (Å²) in [6, 6.07) is 18.6. The zero-order valence-electron chi connectivity index (χ0n) is 13.9.